The molecule has 1 fully saturated rings. The molecular weight excluding hydrogens is 156 g/mol. The predicted octanol–water partition coefficient (Wildman–Crippen LogP) is 0.0195. The van der Waals surface area contributed by atoms with Crippen LogP contribution in [0.4, 0.5) is 0 Å². The number of ether oxygens (including phenoxy) is 1. The van der Waals surface area contributed by atoms with Crippen molar-refractivity contribution in [2.45, 2.75) is 43.9 Å². The van der Waals surface area contributed by atoms with Crippen LogP contribution in [0.2, 0.25) is 0 Å². The standard InChI is InChI=1S/C8H18O2Si/c1-7(9)6-8(11)4-2-3-5-10-8/h7,9H,2-6H2,1,11H3. The Labute approximate surface area is 71.4 Å². The lowest BCUT2D eigenvalue weighted by Gasteiger charge is -2.35. The normalized spacial score (nSPS) is 35.5. The first-order valence-electron chi connectivity index (χ1n) is 4.44. The molecule has 1 saturated heterocycles. The summed E-state index contributed by atoms with van der Waals surface area (Å²) in [6, 6.07) is 0. The topological polar surface area (TPSA) is 29.5 Å². The summed E-state index contributed by atoms with van der Waals surface area (Å²) in [6.07, 6.45) is 4.26. The molecule has 0 radical (unpaired) electrons. The molecule has 0 aromatic rings. The van der Waals surface area contributed by atoms with E-state index >= 15 is 0 Å². The van der Waals surface area contributed by atoms with Crippen LogP contribution in [0.15, 0.2) is 0 Å². The highest BCUT2D eigenvalue weighted by atomic mass is 28.1. The van der Waals surface area contributed by atoms with Crippen LogP contribution in [-0.4, -0.2) is 33.3 Å². The minimum absolute atomic E-state index is 0.0897. The zero-order valence-corrected chi connectivity index (χ0v) is 9.47. The first-order valence-corrected chi connectivity index (χ1v) is 5.44. The van der Waals surface area contributed by atoms with E-state index in [0.29, 0.717) is 0 Å². The first-order chi connectivity index (χ1) is 5.12. The number of aliphatic hydroxyl groups excluding tert-OH is 1. The van der Waals surface area contributed by atoms with Crippen molar-refractivity contribution in [3.63, 3.8) is 0 Å². The average Bonchev–Trinajstić information content (AvgIpc) is 1.85. The minimum atomic E-state index is -0.203. The van der Waals surface area contributed by atoms with Crippen LogP contribution in [-0.2, 0) is 4.74 Å². The van der Waals surface area contributed by atoms with Gasteiger partial charge in [-0.15, -0.1) is 0 Å². The summed E-state index contributed by atoms with van der Waals surface area (Å²) in [4.78, 5) is 0. The van der Waals surface area contributed by atoms with Crippen molar-refractivity contribution in [2.75, 3.05) is 6.61 Å². The summed E-state index contributed by atoms with van der Waals surface area (Å²) in [5.41, 5.74) is 0. The summed E-state index contributed by atoms with van der Waals surface area (Å²) in [5.74, 6) is 0. The van der Waals surface area contributed by atoms with Crippen LogP contribution >= 0.6 is 0 Å². The SMILES string of the molecule is CC(O)CC1([SiH3])CCCCO1. The second-order valence-electron chi connectivity index (χ2n) is 3.81. The molecule has 11 heavy (non-hydrogen) atoms. The fourth-order valence-corrected chi connectivity index (χ4v) is 2.93. The van der Waals surface area contributed by atoms with Gasteiger partial charge in [0.15, 0.2) is 0 Å². The summed E-state index contributed by atoms with van der Waals surface area (Å²) in [7, 11) is 1.05. The van der Waals surface area contributed by atoms with Gasteiger partial charge in [-0.1, -0.05) is 0 Å². The van der Waals surface area contributed by atoms with E-state index in [-0.39, 0.29) is 11.3 Å². The van der Waals surface area contributed by atoms with Crippen LogP contribution in [0.3, 0.4) is 0 Å². The molecule has 1 aliphatic heterocycles. The average molecular weight is 174 g/mol. The molecule has 66 valence electrons. The Bertz CT molecular complexity index is 119. The third-order valence-electron chi connectivity index (χ3n) is 2.28. The summed E-state index contributed by atoms with van der Waals surface area (Å²) < 4.78 is 5.68. The van der Waals surface area contributed by atoms with Gasteiger partial charge in [-0.25, -0.2) is 0 Å². The summed E-state index contributed by atoms with van der Waals surface area (Å²) in [6.45, 7) is 2.74. The molecule has 0 aliphatic carbocycles. The lowest BCUT2D eigenvalue weighted by Crippen LogP contribution is -2.39. The van der Waals surface area contributed by atoms with Gasteiger partial charge in [0.05, 0.1) is 11.3 Å². The molecule has 3 heteroatoms. The minimum Gasteiger partial charge on any atom is -0.393 e. The van der Waals surface area contributed by atoms with Gasteiger partial charge in [-0.3, -0.25) is 0 Å². The smallest absolute Gasteiger partial charge is 0.0536 e. The molecule has 0 bridgehead atoms. The van der Waals surface area contributed by atoms with Gasteiger partial charge in [0.25, 0.3) is 0 Å². The van der Waals surface area contributed by atoms with E-state index < -0.39 is 0 Å². The third kappa shape index (κ3) is 2.93. The molecule has 1 heterocycles. The quantitative estimate of drug-likeness (QED) is 0.598. The molecule has 0 spiro atoms. The van der Waals surface area contributed by atoms with E-state index in [1.54, 1.807) is 0 Å². The van der Waals surface area contributed by atoms with E-state index in [1.807, 2.05) is 6.92 Å². The van der Waals surface area contributed by atoms with Gasteiger partial charge < -0.3 is 9.84 Å². The van der Waals surface area contributed by atoms with Gasteiger partial charge in [-0.05, 0) is 32.6 Å². The monoisotopic (exact) mass is 174 g/mol. The lowest BCUT2D eigenvalue weighted by molar-refractivity contribution is -0.0430. The molecule has 1 aliphatic rings. The van der Waals surface area contributed by atoms with Crippen LogP contribution in [0.25, 0.3) is 0 Å². The Morgan fingerprint density at radius 2 is 2.36 bits per heavy atom. The second-order valence-corrected chi connectivity index (χ2v) is 5.63. The zero-order chi connectivity index (χ0) is 8.32. The van der Waals surface area contributed by atoms with Crippen molar-refractivity contribution in [1.82, 2.24) is 0 Å². The summed E-state index contributed by atoms with van der Waals surface area (Å²) >= 11 is 0. The van der Waals surface area contributed by atoms with Crippen LogP contribution in [0.1, 0.15) is 32.6 Å². The Hall–Kier alpha value is 0.137. The molecule has 2 nitrogen and oxygen atoms in total. The number of aliphatic hydroxyl groups is 1. The number of rotatable bonds is 2. The highest BCUT2D eigenvalue weighted by Crippen LogP contribution is 2.25. The Morgan fingerprint density at radius 1 is 1.64 bits per heavy atom. The van der Waals surface area contributed by atoms with Crippen molar-refractivity contribution >= 4 is 10.2 Å². The second kappa shape index (κ2) is 3.69. The molecular formula is C8H18O2Si. The Morgan fingerprint density at radius 3 is 2.82 bits per heavy atom. The van der Waals surface area contributed by atoms with Gasteiger partial charge in [0.1, 0.15) is 0 Å². The van der Waals surface area contributed by atoms with Crippen molar-refractivity contribution < 1.29 is 9.84 Å². The van der Waals surface area contributed by atoms with Crippen molar-refractivity contribution in [3.8, 4) is 0 Å². The van der Waals surface area contributed by atoms with Crippen molar-refractivity contribution in [2.24, 2.45) is 0 Å². The van der Waals surface area contributed by atoms with Crippen LogP contribution in [0.5, 0.6) is 0 Å². The van der Waals surface area contributed by atoms with Crippen molar-refractivity contribution in [3.05, 3.63) is 0 Å². The molecule has 1 rings (SSSR count). The molecule has 0 saturated carbocycles. The Kier molecular flexibility index (Phi) is 3.10. The molecule has 2 unspecified atom stereocenters. The molecule has 0 amide bonds. The van der Waals surface area contributed by atoms with E-state index in [2.05, 4.69) is 0 Å². The highest BCUT2D eigenvalue weighted by molar-refractivity contribution is 6.14. The number of hydrogen-bond donors (Lipinski definition) is 1. The Balaban J connectivity index is 2.37. The zero-order valence-electron chi connectivity index (χ0n) is 7.47. The fourth-order valence-electron chi connectivity index (χ4n) is 1.78. The lowest BCUT2D eigenvalue weighted by atomic mass is 10.0. The van der Waals surface area contributed by atoms with E-state index in [0.717, 1.165) is 29.7 Å². The maximum absolute atomic E-state index is 9.21. The number of hydrogen-bond acceptors (Lipinski definition) is 2. The van der Waals surface area contributed by atoms with E-state index in [1.165, 1.54) is 12.8 Å². The largest absolute Gasteiger partial charge is 0.393 e. The molecule has 0 aromatic heterocycles. The van der Waals surface area contributed by atoms with Gasteiger partial charge >= 0.3 is 0 Å². The van der Waals surface area contributed by atoms with Crippen molar-refractivity contribution in [1.29, 1.82) is 0 Å². The molecule has 0 aromatic carbocycles. The molecule has 2 atom stereocenters. The third-order valence-corrected chi connectivity index (χ3v) is 3.47. The van der Waals surface area contributed by atoms with Gasteiger partial charge in [0.2, 0.25) is 0 Å². The molecule has 1 N–H and O–H groups in total. The summed E-state index contributed by atoms with van der Waals surface area (Å²) in [5, 5.41) is 9.30. The first kappa shape index (κ1) is 9.23. The fraction of sp³-hybridized carbons (Fsp3) is 1.00. The van der Waals surface area contributed by atoms with E-state index in [9.17, 15) is 5.11 Å². The van der Waals surface area contributed by atoms with Crippen LogP contribution < -0.4 is 0 Å². The highest BCUT2D eigenvalue weighted by Gasteiger charge is 2.28. The maximum atomic E-state index is 9.21. The van der Waals surface area contributed by atoms with Gasteiger partial charge in [0, 0.05) is 16.8 Å². The van der Waals surface area contributed by atoms with E-state index in [4.69, 9.17) is 4.74 Å². The maximum Gasteiger partial charge on any atom is 0.0536 e. The van der Waals surface area contributed by atoms with Crippen LogP contribution in [0, 0.1) is 0 Å². The van der Waals surface area contributed by atoms with Gasteiger partial charge in [-0.2, -0.15) is 0 Å². The predicted molar refractivity (Wildman–Crippen MR) is 48.8 cm³/mol.